The van der Waals surface area contributed by atoms with Gasteiger partial charge in [0.05, 0.1) is 19.0 Å². The van der Waals surface area contributed by atoms with Gasteiger partial charge in [0.2, 0.25) is 0 Å². The second-order valence-corrected chi connectivity index (χ2v) is 8.80. The standard InChI is InChI=1S/C14H22N5O6P/c1-14(20)9-7(4-5-23-26(3,21)25-9)24-12(14)19-6-16-8-10(19)17-13(15)18-11(8)22-2/h6-7,9,11-12,20H,4-5H2,1-3H3,(H3,15,17,18)/t7-,9-,11?,12-,14-,26?/m1/s1. The van der Waals surface area contributed by atoms with Crippen LogP contribution in [-0.2, 0) is 23.1 Å². The minimum absolute atomic E-state index is 0.167. The fraction of sp³-hybridized carbons (Fsp3) is 0.714. The number of nitrogens with one attached hydrogen (secondary N) is 1. The molecule has 0 saturated carbocycles. The fourth-order valence-electron chi connectivity index (χ4n) is 3.56. The van der Waals surface area contributed by atoms with E-state index in [0.717, 1.165) is 0 Å². The summed E-state index contributed by atoms with van der Waals surface area (Å²) in [5.41, 5.74) is 4.86. The molecule has 2 unspecified atom stereocenters. The molecule has 11 nitrogen and oxygen atoms in total. The lowest BCUT2D eigenvalue weighted by molar-refractivity contribution is -0.0948. The highest BCUT2D eigenvalue weighted by molar-refractivity contribution is 7.53. The van der Waals surface area contributed by atoms with Crippen molar-refractivity contribution in [2.24, 2.45) is 10.7 Å². The van der Waals surface area contributed by atoms with E-state index in [4.69, 9.17) is 24.3 Å². The molecule has 26 heavy (non-hydrogen) atoms. The van der Waals surface area contributed by atoms with Crippen molar-refractivity contribution >= 4 is 19.4 Å². The lowest BCUT2D eigenvalue weighted by Crippen LogP contribution is -2.44. The molecule has 1 aromatic heterocycles. The highest BCUT2D eigenvalue weighted by atomic mass is 31.2. The van der Waals surface area contributed by atoms with Crippen molar-refractivity contribution in [3.63, 3.8) is 0 Å². The van der Waals surface area contributed by atoms with Gasteiger partial charge in [0, 0.05) is 20.2 Å². The molecule has 4 heterocycles. The van der Waals surface area contributed by atoms with Crippen LogP contribution in [0.25, 0.3) is 0 Å². The van der Waals surface area contributed by atoms with Gasteiger partial charge in [-0.15, -0.1) is 0 Å². The van der Waals surface area contributed by atoms with Gasteiger partial charge >= 0.3 is 7.60 Å². The number of aromatic nitrogens is 2. The van der Waals surface area contributed by atoms with Gasteiger partial charge in [-0.2, -0.15) is 4.99 Å². The molecule has 0 spiro atoms. The van der Waals surface area contributed by atoms with Crippen molar-refractivity contribution < 1.29 is 28.2 Å². The molecule has 4 N–H and O–H groups in total. The molecule has 3 aliphatic rings. The minimum atomic E-state index is -3.27. The van der Waals surface area contributed by atoms with Gasteiger partial charge in [0.25, 0.3) is 0 Å². The molecular formula is C14H22N5O6P. The van der Waals surface area contributed by atoms with E-state index in [9.17, 15) is 9.67 Å². The molecule has 6 atom stereocenters. The topological polar surface area (TPSA) is 142 Å². The highest BCUT2D eigenvalue weighted by Gasteiger charge is 2.57. The number of nitrogens with zero attached hydrogens (tertiary/aromatic N) is 3. The Labute approximate surface area is 150 Å². The zero-order valence-electron chi connectivity index (χ0n) is 14.7. The van der Waals surface area contributed by atoms with Crippen molar-refractivity contribution in [3.05, 3.63) is 12.0 Å². The van der Waals surface area contributed by atoms with E-state index >= 15 is 0 Å². The molecule has 0 aliphatic carbocycles. The number of ether oxygens (including phenoxy) is 2. The summed E-state index contributed by atoms with van der Waals surface area (Å²) in [6, 6.07) is 0. The largest absolute Gasteiger partial charge is 0.383 e. The van der Waals surface area contributed by atoms with Crippen LogP contribution in [-0.4, -0.2) is 58.8 Å². The van der Waals surface area contributed by atoms with Crippen molar-refractivity contribution in [3.8, 4) is 0 Å². The summed E-state index contributed by atoms with van der Waals surface area (Å²) in [7, 11) is -1.75. The van der Waals surface area contributed by atoms with Gasteiger partial charge in [-0.1, -0.05) is 0 Å². The van der Waals surface area contributed by atoms with Crippen molar-refractivity contribution in [2.75, 3.05) is 20.4 Å². The molecule has 4 rings (SSSR count). The van der Waals surface area contributed by atoms with Crippen LogP contribution in [0.2, 0.25) is 0 Å². The smallest absolute Gasteiger partial charge is 0.328 e. The maximum Gasteiger partial charge on any atom is 0.328 e. The molecule has 144 valence electrons. The Bertz CT molecular complexity index is 795. The van der Waals surface area contributed by atoms with E-state index in [1.165, 1.54) is 20.1 Å². The van der Waals surface area contributed by atoms with Crippen LogP contribution in [0, 0.1) is 0 Å². The van der Waals surface area contributed by atoms with Crippen LogP contribution in [0.1, 0.15) is 31.5 Å². The first kappa shape index (κ1) is 17.9. The second kappa shape index (κ2) is 6.01. The van der Waals surface area contributed by atoms with Crippen LogP contribution in [0.4, 0.5) is 5.82 Å². The predicted octanol–water partition coefficient (Wildman–Crippen LogP) is 0.354. The monoisotopic (exact) mass is 387 g/mol. The molecule has 0 radical (unpaired) electrons. The second-order valence-electron chi connectivity index (χ2n) is 6.79. The average molecular weight is 387 g/mol. The van der Waals surface area contributed by atoms with E-state index in [1.54, 1.807) is 11.5 Å². The summed E-state index contributed by atoms with van der Waals surface area (Å²) in [6.07, 6.45) is -0.748. The Balaban J connectivity index is 1.72. The van der Waals surface area contributed by atoms with Crippen molar-refractivity contribution in [2.45, 2.75) is 43.6 Å². The summed E-state index contributed by atoms with van der Waals surface area (Å²) >= 11 is 0. The quantitative estimate of drug-likeness (QED) is 0.613. The Kier molecular flexibility index (Phi) is 4.14. The van der Waals surface area contributed by atoms with E-state index in [2.05, 4.69) is 15.3 Å². The Morgan fingerprint density at radius 2 is 2.35 bits per heavy atom. The molecule has 1 aromatic rings. The van der Waals surface area contributed by atoms with E-state index in [0.29, 0.717) is 17.9 Å². The first-order valence-electron chi connectivity index (χ1n) is 8.21. The summed E-state index contributed by atoms with van der Waals surface area (Å²) in [4.78, 5) is 8.59. The van der Waals surface area contributed by atoms with Crippen molar-refractivity contribution in [1.29, 1.82) is 0 Å². The molecule has 0 amide bonds. The Hall–Kier alpha value is -1.49. The zero-order valence-corrected chi connectivity index (χ0v) is 15.6. The highest BCUT2D eigenvalue weighted by Crippen LogP contribution is 2.55. The van der Waals surface area contributed by atoms with E-state index in [-0.39, 0.29) is 12.6 Å². The van der Waals surface area contributed by atoms with Gasteiger partial charge in [0.15, 0.2) is 24.2 Å². The third-order valence-electron chi connectivity index (χ3n) is 4.79. The third kappa shape index (κ3) is 2.75. The summed E-state index contributed by atoms with van der Waals surface area (Å²) < 4.78 is 36.1. The van der Waals surface area contributed by atoms with Gasteiger partial charge in [-0.05, 0) is 6.92 Å². The van der Waals surface area contributed by atoms with Gasteiger partial charge in [-0.25, -0.2) is 4.98 Å². The molecule has 12 heteroatoms. The Morgan fingerprint density at radius 3 is 3.08 bits per heavy atom. The lowest BCUT2D eigenvalue weighted by atomic mass is 9.95. The Morgan fingerprint density at radius 1 is 1.58 bits per heavy atom. The molecule has 3 aliphatic heterocycles. The number of hydrogen-bond donors (Lipinski definition) is 3. The zero-order chi connectivity index (χ0) is 18.7. The summed E-state index contributed by atoms with van der Waals surface area (Å²) in [5.74, 6) is 0.589. The first-order valence-corrected chi connectivity index (χ1v) is 10.2. The van der Waals surface area contributed by atoms with Crippen LogP contribution in [0.3, 0.4) is 0 Å². The number of hydrogen-bond acceptors (Lipinski definition) is 10. The maximum atomic E-state index is 12.3. The molecule has 0 bridgehead atoms. The number of nitrogens with two attached hydrogens (primary N) is 1. The van der Waals surface area contributed by atoms with Gasteiger partial charge in [-0.3, -0.25) is 13.7 Å². The fourth-order valence-corrected chi connectivity index (χ4v) is 4.82. The third-order valence-corrected chi connectivity index (χ3v) is 6.05. The molecule has 2 saturated heterocycles. The maximum absolute atomic E-state index is 12.3. The van der Waals surface area contributed by atoms with Crippen LogP contribution >= 0.6 is 7.60 Å². The number of rotatable bonds is 2. The number of guanidine groups is 1. The predicted molar refractivity (Wildman–Crippen MR) is 89.9 cm³/mol. The molecular weight excluding hydrogens is 365 g/mol. The molecule has 0 aromatic carbocycles. The van der Waals surface area contributed by atoms with E-state index < -0.39 is 37.9 Å². The SMILES string of the molecule is COC1NC(N)=Nc2c1ncn2[C@@H]1O[C@@H]2CCOP(C)(=O)O[C@H]2[C@@]1(C)O. The van der Waals surface area contributed by atoms with Crippen molar-refractivity contribution in [1.82, 2.24) is 14.9 Å². The van der Waals surface area contributed by atoms with Crippen LogP contribution < -0.4 is 11.1 Å². The van der Waals surface area contributed by atoms with E-state index in [1.807, 2.05) is 0 Å². The number of imidazole rings is 1. The summed E-state index contributed by atoms with van der Waals surface area (Å²) in [5, 5.41) is 14.0. The number of aliphatic imine (C=N–C) groups is 1. The average Bonchev–Trinajstić information content (AvgIpc) is 3.01. The lowest BCUT2D eigenvalue weighted by Gasteiger charge is -2.31. The number of aliphatic hydroxyl groups is 1. The van der Waals surface area contributed by atoms with Gasteiger partial charge in [0.1, 0.15) is 17.4 Å². The number of methoxy groups -OCH3 is 1. The number of fused-ring (bicyclic) bond motifs is 2. The normalized spacial score (nSPS) is 42.4. The van der Waals surface area contributed by atoms with Gasteiger partial charge < -0.3 is 30.2 Å². The molecule has 2 fully saturated rings. The minimum Gasteiger partial charge on any atom is -0.383 e. The van der Waals surface area contributed by atoms with Crippen LogP contribution in [0.5, 0.6) is 0 Å². The first-order chi connectivity index (χ1) is 12.2. The van der Waals surface area contributed by atoms with Crippen LogP contribution in [0.15, 0.2) is 11.3 Å². The summed E-state index contributed by atoms with van der Waals surface area (Å²) in [6.45, 7) is 3.18.